The molecule has 166 valence electrons. The molecule has 4 aromatic rings. The number of hydrogen-bond acceptors (Lipinski definition) is 5. The zero-order chi connectivity index (χ0) is 22.8. The van der Waals surface area contributed by atoms with Crippen LogP contribution in [0.5, 0.6) is 5.88 Å². The van der Waals surface area contributed by atoms with Crippen molar-refractivity contribution in [3.05, 3.63) is 71.2 Å². The number of carbonyl (C=O) groups is 1. The number of halogens is 2. The highest BCUT2D eigenvalue weighted by Crippen LogP contribution is 2.31. The van der Waals surface area contributed by atoms with E-state index in [9.17, 15) is 13.6 Å². The lowest BCUT2D eigenvalue weighted by atomic mass is 10.1. The monoisotopic (exact) mass is 440 g/mol. The summed E-state index contributed by atoms with van der Waals surface area (Å²) in [6.07, 6.45) is 3.76. The maximum absolute atomic E-state index is 14.0. The lowest BCUT2D eigenvalue weighted by Gasteiger charge is -2.11. The highest BCUT2D eigenvalue weighted by molar-refractivity contribution is 5.82. The van der Waals surface area contributed by atoms with Gasteiger partial charge in [0.15, 0.2) is 0 Å². The quantitative estimate of drug-likeness (QED) is 0.402. The summed E-state index contributed by atoms with van der Waals surface area (Å²) in [7, 11) is 1.35. The Morgan fingerprint density at radius 1 is 1.16 bits per heavy atom. The Hall–Kier alpha value is -3.75. The molecule has 0 bridgehead atoms. The van der Waals surface area contributed by atoms with Gasteiger partial charge in [-0.15, -0.1) is 0 Å². The van der Waals surface area contributed by atoms with Crippen molar-refractivity contribution in [3.63, 3.8) is 0 Å². The molecule has 0 atom stereocenters. The standard InChI is InChI=1S/C23H22F2N4O3/c1-14-9-20-23(16-11-26-28(12-16)8-7-22(30)31-3)15(2)27-29(20)21(10-14)32-13-17-18(24)5-4-6-19(17)25/h4-6,9-12H,7-8,13H2,1-3H3. The maximum atomic E-state index is 14.0. The first-order valence-electron chi connectivity index (χ1n) is 10.0. The molecule has 0 spiro atoms. The van der Waals surface area contributed by atoms with Crippen LogP contribution in [0.25, 0.3) is 16.6 Å². The molecular formula is C23H22F2N4O3. The van der Waals surface area contributed by atoms with E-state index in [1.807, 2.05) is 26.1 Å². The summed E-state index contributed by atoms with van der Waals surface area (Å²) in [4.78, 5) is 11.4. The first-order valence-corrected chi connectivity index (χ1v) is 10.0. The summed E-state index contributed by atoms with van der Waals surface area (Å²) in [6.45, 7) is 3.90. The molecule has 3 heterocycles. The van der Waals surface area contributed by atoms with Gasteiger partial charge in [-0.2, -0.15) is 10.2 Å². The molecule has 4 rings (SSSR count). The largest absolute Gasteiger partial charge is 0.473 e. The first-order chi connectivity index (χ1) is 15.4. The van der Waals surface area contributed by atoms with Gasteiger partial charge in [-0.05, 0) is 37.6 Å². The molecule has 0 fully saturated rings. The van der Waals surface area contributed by atoms with E-state index in [0.29, 0.717) is 12.4 Å². The van der Waals surface area contributed by atoms with E-state index < -0.39 is 11.6 Å². The molecule has 1 aromatic carbocycles. The molecule has 0 radical (unpaired) electrons. The summed E-state index contributed by atoms with van der Waals surface area (Å²) in [5.41, 5.74) is 3.97. The SMILES string of the molecule is COC(=O)CCn1cc(-c2c(C)nn3c(OCc4c(F)cccc4F)cc(C)cc23)cn1. The van der Waals surface area contributed by atoms with Gasteiger partial charge < -0.3 is 9.47 Å². The number of pyridine rings is 1. The second-order valence-corrected chi connectivity index (χ2v) is 7.44. The van der Waals surface area contributed by atoms with E-state index in [0.717, 1.165) is 27.9 Å². The van der Waals surface area contributed by atoms with E-state index in [2.05, 4.69) is 14.9 Å². The van der Waals surface area contributed by atoms with Gasteiger partial charge in [0, 0.05) is 23.4 Å². The van der Waals surface area contributed by atoms with Crippen molar-refractivity contribution in [1.82, 2.24) is 19.4 Å². The van der Waals surface area contributed by atoms with Crippen molar-refractivity contribution in [2.75, 3.05) is 7.11 Å². The molecule has 0 aliphatic heterocycles. The van der Waals surface area contributed by atoms with Crippen LogP contribution in [0.15, 0.2) is 42.7 Å². The Balaban J connectivity index is 1.66. The summed E-state index contributed by atoms with van der Waals surface area (Å²) in [5, 5.41) is 8.90. The predicted octanol–water partition coefficient (Wildman–Crippen LogP) is 4.23. The van der Waals surface area contributed by atoms with Crippen LogP contribution in [0.2, 0.25) is 0 Å². The van der Waals surface area contributed by atoms with Gasteiger partial charge in [-0.3, -0.25) is 9.48 Å². The molecule has 0 unspecified atom stereocenters. The lowest BCUT2D eigenvalue weighted by molar-refractivity contribution is -0.140. The Morgan fingerprint density at radius 2 is 1.91 bits per heavy atom. The van der Waals surface area contributed by atoms with E-state index >= 15 is 0 Å². The highest BCUT2D eigenvalue weighted by Gasteiger charge is 2.18. The average molecular weight is 440 g/mol. The number of rotatable bonds is 7. The molecule has 3 aromatic heterocycles. The molecule has 32 heavy (non-hydrogen) atoms. The first kappa shape index (κ1) is 21.5. The summed E-state index contributed by atoms with van der Waals surface area (Å²) < 4.78 is 41.7. The normalized spacial score (nSPS) is 11.2. The van der Waals surface area contributed by atoms with E-state index in [-0.39, 0.29) is 24.6 Å². The number of aryl methyl sites for hydroxylation is 3. The minimum absolute atomic E-state index is 0.141. The van der Waals surface area contributed by atoms with Gasteiger partial charge in [0.05, 0.1) is 43.0 Å². The Kier molecular flexibility index (Phi) is 5.89. The second-order valence-electron chi connectivity index (χ2n) is 7.44. The molecular weight excluding hydrogens is 418 g/mol. The lowest BCUT2D eigenvalue weighted by Crippen LogP contribution is -2.07. The summed E-state index contributed by atoms with van der Waals surface area (Å²) in [6, 6.07) is 7.43. The van der Waals surface area contributed by atoms with Crippen molar-refractivity contribution in [3.8, 4) is 17.0 Å². The molecule has 0 aliphatic rings. The van der Waals surface area contributed by atoms with Crippen LogP contribution in [0.4, 0.5) is 8.78 Å². The Morgan fingerprint density at radius 3 is 2.62 bits per heavy atom. The van der Waals surface area contributed by atoms with Crippen LogP contribution in [-0.4, -0.2) is 32.5 Å². The minimum atomic E-state index is -0.661. The number of ether oxygens (including phenoxy) is 2. The fourth-order valence-corrected chi connectivity index (χ4v) is 3.56. The Labute approximate surface area is 183 Å². The van der Waals surface area contributed by atoms with Crippen molar-refractivity contribution in [2.45, 2.75) is 33.4 Å². The Bertz CT molecular complexity index is 1280. The maximum Gasteiger partial charge on any atom is 0.307 e. The molecule has 0 aliphatic carbocycles. The number of fused-ring (bicyclic) bond motifs is 1. The van der Waals surface area contributed by atoms with Crippen molar-refractivity contribution < 1.29 is 23.0 Å². The predicted molar refractivity (Wildman–Crippen MR) is 113 cm³/mol. The van der Waals surface area contributed by atoms with Crippen LogP contribution in [0, 0.1) is 25.5 Å². The van der Waals surface area contributed by atoms with Crippen LogP contribution in [-0.2, 0) is 22.7 Å². The van der Waals surface area contributed by atoms with Crippen molar-refractivity contribution >= 4 is 11.5 Å². The van der Waals surface area contributed by atoms with E-state index in [1.54, 1.807) is 21.5 Å². The highest BCUT2D eigenvalue weighted by atomic mass is 19.1. The van der Waals surface area contributed by atoms with Crippen molar-refractivity contribution in [1.29, 1.82) is 0 Å². The zero-order valence-electron chi connectivity index (χ0n) is 17.9. The third-order valence-electron chi connectivity index (χ3n) is 5.14. The smallest absolute Gasteiger partial charge is 0.307 e. The summed E-state index contributed by atoms with van der Waals surface area (Å²) in [5.74, 6) is -1.26. The van der Waals surface area contributed by atoms with Crippen LogP contribution in [0.3, 0.4) is 0 Å². The number of methoxy groups -OCH3 is 1. The third kappa shape index (κ3) is 4.18. The second kappa shape index (κ2) is 8.78. The molecule has 0 N–H and O–H groups in total. The number of carbonyl (C=O) groups excluding carboxylic acids is 1. The van der Waals surface area contributed by atoms with Gasteiger partial charge in [0.25, 0.3) is 0 Å². The van der Waals surface area contributed by atoms with Gasteiger partial charge in [0.1, 0.15) is 18.2 Å². The minimum Gasteiger partial charge on any atom is -0.473 e. The number of hydrogen-bond donors (Lipinski definition) is 0. The molecule has 0 amide bonds. The van der Waals surface area contributed by atoms with E-state index in [4.69, 9.17) is 4.74 Å². The van der Waals surface area contributed by atoms with Crippen LogP contribution in [0.1, 0.15) is 23.2 Å². The van der Waals surface area contributed by atoms with Gasteiger partial charge in [0.2, 0.25) is 5.88 Å². The van der Waals surface area contributed by atoms with Gasteiger partial charge in [-0.1, -0.05) is 6.07 Å². The number of benzene rings is 1. The van der Waals surface area contributed by atoms with Crippen LogP contribution >= 0.6 is 0 Å². The van der Waals surface area contributed by atoms with E-state index in [1.165, 1.54) is 25.3 Å². The zero-order valence-corrected chi connectivity index (χ0v) is 17.9. The molecule has 7 nitrogen and oxygen atoms in total. The van der Waals surface area contributed by atoms with Gasteiger partial charge in [-0.25, -0.2) is 13.3 Å². The summed E-state index contributed by atoms with van der Waals surface area (Å²) >= 11 is 0. The number of aromatic nitrogens is 4. The molecule has 0 saturated carbocycles. The fraction of sp³-hybridized carbons (Fsp3) is 0.261. The molecule has 0 saturated heterocycles. The van der Waals surface area contributed by atoms with Gasteiger partial charge >= 0.3 is 5.97 Å². The molecule has 9 heteroatoms. The number of esters is 1. The fourth-order valence-electron chi connectivity index (χ4n) is 3.56. The topological polar surface area (TPSA) is 70.7 Å². The van der Waals surface area contributed by atoms with Crippen LogP contribution < -0.4 is 4.74 Å². The third-order valence-corrected chi connectivity index (χ3v) is 5.14. The average Bonchev–Trinajstić information content (AvgIpc) is 3.34. The van der Waals surface area contributed by atoms with Crippen molar-refractivity contribution in [2.24, 2.45) is 0 Å². The number of nitrogens with zero attached hydrogens (tertiary/aromatic N) is 4.